The van der Waals surface area contributed by atoms with Gasteiger partial charge in [0.1, 0.15) is 13.2 Å². The van der Waals surface area contributed by atoms with Crippen LogP contribution < -0.4 is 0 Å². The van der Waals surface area contributed by atoms with Gasteiger partial charge in [-0.2, -0.15) is 0 Å². The standard InChI is InChI=1S/C64H124O6/c1-6-8-9-10-11-12-13-14-15-16-20-23-26-29-34-39-44-49-54-62(65)68-57-61(58-69-63(66)55-50-45-40-36-31-32-37-42-47-52-59(3)4)70-64(67)56-51-46-41-35-30-27-24-21-18-17-19-22-25-28-33-38-43-48-53-60(5)7-2/h59-61H,6-58H2,1-5H3/t60?,61-/m0/s1. The van der Waals surface area contributed by atoms with Gasteiger partial charge in [-0.05, 0) is 31.1 Å². The largest absolute Gasteiger partial charge is 0.462 e. The number of hydrogen-bond acceptors (Lipinski definition) is 6. The molecule has 416 valence electrons. The number of carbonyl (C=O) groups is 3. The van der Waals surface area contributed by atoms with Crippen LogP contribution in [0, 0.1) is 11.8 Å². The normalized spacial score (nSPS) is 12.4. The van der Waals surface area contributed by atoms with Crippen molar-refractivity contribution in [1.29, 1.82) is 0 Å². The van der Waals surface area contributed by atoms with Gasteiger partial charge in [-0.3, -0.25) is 14.4 Å². The summed E-state index contributed by atoms with van der Waals surface area (Å²) in [5, 5.41) is 0. The highest BCUT2D eigenvalue weighted by Crippen LogP contribution is 2.19. The molecule has 0 heterocycles. The van der Waals surface area contributed by atoms with Crippen LogP contribution >= 0.6 is 0 Å². The SMILES string of the molecule is CCCCCCCCCCCCCCCCCCCCC(=O)OC[C@@H](COC(=O)CCCCCCCCCCCC(C)C)OC(=O)CCCCCCCCCCCCCCCCCCCCC(C)CC. The second-order valence-corrected chi connectivity index (χ2v) is 22.8. The second-order valence-electron chi connectivity index (χ2n) is 22.8. The van der Waals surface area contributed by atoms with Gasteiger partial charge >= 0.3 is 17.9 Å². The van der Waals surface area contributed by atoms with Crippen molar-refractivity contribution >= 4 is 17.9 Å². The molecule has 6 nitrogen and oxygen atoms in total. The number of hydrogen-bond donors (Lipinski definition) is 0. The van der Waals surface area contributed by atoms with Crippen molar-refractivity contribution in [3.8, 4) is 0 Å². The molecule has 0 radical (unpaired) electrons. The van der Waals surface area contributed by atoms with Gasteiger partial charge in [0.25, 0.3) is 0 Å². The highest BCUT2D eigenvalue weighted by Gasteiger charge is 2.19. The molecule has 0 aromatic heterocycles. The van der Waals surface area contributed by atoms with Crippen LogP contribution in [0.25, 0.3) is 0 Å². The average Bonchev–Trinajstić information content (AvgIpc) is 3.35. The Bertz CT molecular complexity index is 1070. The lowest BCUT2D eigenvalue weighted by Crippen LogP contribution is -2.30. The van der Waals surface area contributed by atoms with Gasteiger partial charge < -0.3 is 14.2 Å². The second kappa shape index (κ2) is 56.7. The maximum atomic E-state index is 12.9. The molecule has 0 aromatic rings. The first-order valence-electron chi connectivity index (χ1n) is 31.8. The van der Waals surface area contributed by atoms with Crippen molar-refractivity contribution in [3.05, 3.63) is 0 Å². The zero-order chi connectivity index (χ0) is 51.1. The van der Waals surface area contributed by atoms with Crippen LogP contribution in [-0.4, -0.2) is 37.2 Å². The van der Waals surface area contributed by atoms with Crippen molar-refractivity contribution in [2.45, 2.75) is 368 Å². The summed E-state index contributed by atoms with van der Waals surface area (Å²) in [6, 6.07) is 0. The quantitative estimate of drug-likeness (QED) is 0.0343. The first kappa shape index (κ1) is 68.4. The van der Waals surface area contributed by atoms with E-state index < -0.39 is 6.10 Å². The Kier molecular flexibility index (Phi) is 55.4. The lowest BCUT2D eigenvalue weighted by Gasteiger charge is -2.18. The first-order chi connectivity index (χ1) is 34.3. The summed E-state index contributed by atoms with van der Waals surface area (Å²) in [6.45, 7) is 11.5. The van der Waals surface area contributed by atoms with E-state index in [4.69, 9.17) is 14.2 Å². The van der Waals surface area contributed by atoms with Crippen LogP contribution in [-0.2, 0) is 28.6 Å². The molecule has 0 amide bonds. The lowest BCUT2D eigenvalue weighted by atomic mass is 9.99. The van der Waals surface area contributed by atoms with E-state index in [1.165, 1.54) is 250 Å². The molecule has 2 atom stereocenters. The van der Waals surface area contributed by atoms with Crippen LogP contribution in [0.1, 0.15) is 362 Å². The molecule has 0 bridgehead atoms. The summed E-state index contributed by atoms with van der Waals surface area (Å²) in [4.78, 5) is 38.2. The minimum absolute atomic E-state index is 0.0623. The van der Waals surface area contributed by atoms with Gasteiger partial charge in [0, 0.05) is 19.3 Å². The highest BCUT2D eigenvalue weighted by atomic mass is 16.6. The summed E-state index contributed by atoms with van der Waals surface area (Å²) in [7, 11) is 0. The fourth-order valence-corrected chi connectivity index (χ4v) is 9.90. The molecule has 1 unspecified atom stereocenters. The molecule has 0 aliphatic rings. The van der Waals surface area contributed by atoms with Crippen molar-refractivity contribution in [2.75, 3.05) is 13.2 Å². The van der Waals surface area contributed by atoms with Gasteiger partial charge in [-0.15, -0.1) is 0 Å². The third-order valence-corrected chi connectivity index (χ3v) is 15.1. The Morgan fingerprint density at radius 1 is 0.300 bits per heavy atom. The number of unbranched alkanes of at least 4 members (excludes halogenated alkanes) is 42. The van der Waals surface area contributed by atoms with Gasteiger partial charge in [0.2, 0.25) is 0 Å². The van der Waals surface area contributed by atoms with Crippen LogP contribution in [0.4, 0.5) is 0 Å². The van der Waals surface area contributed by atoms with E-state index >= 15 is 0 Å². The molecular formula is C64H124O6. The van der Waals surface area contributed by atoms with Crippen LogP contribution in [0.2, 0.25) is 0 Å². The van der Waals surface area contributed by atoms with E-state index in [0.717, 1.165) is 69.6 Å². The molecule has 6 heteroatoms. The Balaban J connectivity index is 4.24. The number of carbonyl (C=O) groups excluding carboxylic acids is 3. The summed E-state index contributed by atoms with van der Waals surface area (Å²) in [5.74, 6) is 0.883. The third kappa shape index (κ3) is 55.7. The van der Waals surface area contributed by atoms with E-state index in [9.17, 15) is 14.4 Å². The Morgan fingerprint density at radius 2 is 0.543 bits per heavy atom. The molecule has 0 aromatic carbocycles. The monoisotopic (exact) mass is 989 g/mol. The minimum atomic E-state index is -0.764. The summed E-state index contributed by atoms with van der Waals surface area (Å²) < 4.78 is 16.9. The van der Waals surface area contributed by atoms with E-state index in [-0.39, 0.29) is 31.1 Å². The van der Waals surface area contributed by atoms with E-state index in [1.807, 2.05) is 0 Å². The van der Waals surface area contributed by atoms with Gasteiger partial charge in [-0.25, -0.2) is 0 Å². The molecule has 0 N–H and O–H groups in total. The smallest absolute Gasteiger partial charge is 0.306 e. The topological polar surface area (TPSA) is 78.9 Å². The fourth-order valence-electron chi connectivity index (χ4n) is 9.90. The maximum absolute atomic E-state index is 12.9. The lowest BCUT2D eigenvalue weighted by molar-refractivity contribution is -0.167. The van der Waals surface area contributed by atoms with E-state index in [2.05, 4.69) is 34.6 Å². The van der Waals surface area contributed by atoms with Crippen LogP contribution in [0.5, 0.6) is 0 Å². The molecular weight excluding hydrogens is 865 g/mol. The predicted molar refractivity (Wildman–Crippen MR) is 303 cm³/mol. The molecule has 0 rings (SSSR count). The highest BCUT2D eigenvalue weighted by molar-refractivity contribution is 5.71. The van der Waals surface area contributed by atoms with E-state index in [0.29, 0.717) is 19.3 Å². The summed E-state index contributed by atoms with van der Waals surface area (Å²) in [5.41, 5.74) is 0. The average molecular weight is 990 g/mol. The Hall–Kier alpha value is -1.59. The third-order valence-electron chi connectivity index (χ3n) is 15.1. The number of rotatable bonds is 58. The number of ether oxygens (including phenoxy) is 3. The summed E-state index contributed by atoms with van der Waals surface area (Å²) in [6.07, 6.45) is 62.5. The zero-order valence-corrected chi connectivity index (χ0v) is 48.2. The number of esters is 3. The summed E-state index contributed by atoms with van der Waals surface area (Å²) >= 11 is 0. The van der Waals surface area contributed by atoms with E-state index in [1.54, 1.807) is 0 Å². The van der Waals surface area contributed by atoms with Crippen molar-refractivity contribution in [3.63, 3.8) is 0 Å². The van der Waals surface area contributed by atoms with Crippen LogP contribution in [0.3, 0.4) is 0 Å². The molecule has 0 aliphatic carbocycles. The van der Waals surface area contributed by atoms with Crippen molar-refractivity contribution in [2.24, 2.45) is 11.8 Å². The zero-order valence-electron chi connectivity index (χ0n) is 48.2. The fraction of sp³-hybridized carbons (Fsp3) is 0.953. The van der Waals surface area contributed by atoms with Crippen molar-refractivity contribution in [1.82, 2.24) is 0 Å². The van der Waals surface area contributed by atoms with Gasteiger partial charge in [0.05, 0.1) is 0 Å². The van der Waals surface area contributed by atoms with Crippen LogP contribution in [0.15, 0.2) is 0 Å². The first-order valence-corrected chi connectivity index (χ1v) is 31.8. The molecule has 0 spiro atoms. The maximum Gasteiger partial charge on any atom is 0.306 e. The minimum Gasteiger partial charge on any atom is -0.462 e. The molecule has 70 heavy (non-hydrogen) atoms. The van der Waals surface area contributed by atoms with Gasteiger partial charge in [0.15, 0.2) is 6.10 Å². The molecule has 0 aliphatic heterocycles. The molecule has 0 saturated heterocycles. The molecule has 0 fully saturated rings. The Morgan fingerprint density at radius 3 is 0.814 bits per heavy atom. The predicted octanol–water partition coefficient (Wildman–Crippen LogP) is 21.2. The Labute approximate surface area is 438 Å². The van der Waals surface area contributed by atoms with Gasteiger partial charge in [-0.1, -0.05) is 324 Å². The van der Waals surface area contributed by atoms with Crippen molar-refractivity contribution < 1.29 is 28.6 Å². The molecule has 0 saturated carbocycles.